The topological polar surface area (TPSA) is 104 Å². The van der Waals surface area contributed by atoms with Gasteiger partial charge in [-0.05, 0) is 29.0 Å². The average molecular weight is 496 g/mol. The summed E-state index contributed by atoms with van der Waals surface area (Å²) in [5.41, 5.74) is 5.63. The van der Waals surface area contributed by atoms with Gasteiger partial charge in [0.2, 0.25) is 5.91 Å². The number of aromatic nitrogens is 1. The molecule has 8 heteroatoms. The molecule has 3 N–H and O–H groups in total. The highest BCUT2D eigenvalue weighted by Gasteiger charge is 2.26. The second kappa shape index (κ2) is 10.2. The fourth-order valence-electron chi connectivity index (χ4n) is 3.75. The summed E-state index contributed by atoms with van der Waals surface area (Å²) in [4.78, 5) is 28.4. The molecular formula is C27H33N3O4S. The largest absolute Gasteiger partial charge is 0.507 e. The molecule has 1 aromatic heterocycles. The first-order valence-corrected chi connectivity index (χ1v) is 12.3. The van der Waals surface area contributed by atoms with E-state index in [-0.39, 0.29) is 22.5 Å². The first-order valence-electron chi connectivity index (χ1n) is 11.3. The van der Waals surface area contributed by atoms with Crippen LogP contribution < -0.4 is 5.43 Å². The minimum atomic E-state index is -0.426. The lowest BCUT2D eigenvalue weighted by Crippen LogP contribution is -2.20. The van der Waals surface area contributed by atoms with E-state index >= 15 is 0 Å². The van der Waals surface area contributed by atoms with Gasteiger partial charge in [0.05, 0.1) is 30.2 Å². The maximum Gasteiger partial charge on any atom is 0.339 e. The number of carbonyl (C=O) groups is 2. The van der Waals surface area contributed by atoms with Gasteiger partial charge in [0.25, 0.3) is 0 Å². The number of H-pyrrole nitrogens is 1. The van der Waals surface area contributed by atoms with Crippen molar-refractivity contribution < 1.29 is 19.4 Å². The monoisotopic (exact) mass is 495 g/mol. The van der Waals surface area contributed by atoms with Crippen molar-refractivity contribution >= 4 is 40.8 Å². The third kappa shape index (κ3) is 6.06. The van der Waals surface area contributed by atoms with E-state index in [0.717, 1.165) is 27.0 Å². The molecule has 0 radical (unpaired) electrons. The van der Waals surface area contributed by atoms with Crippen molar-refractivity contribution in [2.24, 2.45) is 5.10 Å². The second-order valence-electron chi connectivity index (χ2n) is 10.4. The van der Waals surface area contributed by atoms with Crippen molar-refractivity contribution in [1.29, 1.82) is 0 Å². The summed E-state index contributed by atoms with van der Waals surface area (Å²) in [7, 11) is 1.34. The van der Waals surface area contributed by atoms with Crippen LogP contribution in [0, 0.1) is 0 Å². The number of carbonyl (C=O) groups excluding carboxylic acids is 2. The van der Waals surface area contributed by atoms with E-state index in [1.54, 1.807) is 24.5 Å². The maximum absolute atomic E-state index is 12.5. The number of thioether (sulfide) groups is 1. The van der Waals surface area contributed by atoms with Crippen LogP contribution in [-0.2, 0) is 20.4 Å². The molecule has 7 nitrogen and oxygen atoms in total. The smallest absolute Gasteiger partial charge is 0.339 e. The normalized spacial score (nSPS) is 12.3. The van der Waals surface area contributed by atoms with Gasteiger partial charge >= 0.3 is 5.97 Å². The predicted molar refractivity (Wildman–Crippen MR) is 142 cm³/mol. The summed E-state index contributed by atoms with van der Waals surface area (Å²) in [5.74, 6) is -0.179. The molecule has 35 heavy (non-hydrogen) atoms. The highest BCUT2D eigenvalue weighted by molar-refractivity contribution is 8.00. The van der Waals surface area contributed by atoms with E-state index in [2.05, 4.69) is 57.1 Å². The highest BCUT2D eigenvalue weighted by Crippen LogP contribution is 2.41. The zero-order valence-corrected chi connectivity index (χ0v) is 22.1. The Morgan fingerprint density at radius 3 is 2.31 bits per heavy atom. The van der Waals surface area contributed by atoms with E-state index in [4.69, 9.17) is 4.74 Å². The standard InChI is InChI=1S/C27H33N3O4S/c1-26(2,3)20-11-17(12-21(24(20)32)27(4,5)6)35-15-22(31)30-29-14-16-13-28-23-18(16)9-8-10-19(23)25(33)34-7/h8-14,28,32H,15H2,1-7H3,(H,30,31). The SMILES string of the molecule is COC(=O)c1cccc2c(C=NNC(=O)CSc3cc(C(C)(C)C)c(O)c(C(C)(C)C)c3)c[nH]c12. The number of hydrogen-bond donors (Lipinski definition) is 3. The number of amides is 1. The number of aromatic amines is 1. The minimum Gasteiger partial charge on any atom is -0.507 e. The number of methoxy groups -OCH3 is 1. The van der Waals surface area contributed by atoms with Gasteiger partial charge in [-0.2, -0.15) is 5.10 Å². The number of nitrogens with zero attached hydrogens (tertiary/aromatic N) is 1. The molecule has 186 valence electrons. The molecule has 0 fully saturated rings. The predicted octanol–water partition coefficient (Wildman–Crippen LogP) is 5.50. The molecule has 0 saturated carbocycles. The molecule has 0 bridgehead atoms. The van der Waals surface area contributed by atoms with Crippen LogP contribution in [0.25, 0.3) is 10.9 Å². The van der Waals surface area contributed by atoms with E-state index in [9.17, 15) is 14.7 Å². The van der Waals surface area contributed by atoms with Crippen molar-refractivity contribution in [2.75, 3.05) is 12.9 Å². The Hall–Kier alpha value is -3.26. The lowest BCUT2D eigenvalue weighted by atomic mass is 9.79. The quantitative estimate of drug-likeness (QED) is 0.181. The van der Waals surface area contributed by atoms with Crippen LogP contribution in [0.2, 0.25) is 0 Å². The van der Waals surface area contributed by atoms with E-state index in [1.165, 1.54) is 18.9 Å². The highest BCUT2D eigenvalue weighted by atomic mass is 32.2. The summed E-state index contributed by atoms with van der Waals surface area (Å²) in [6, 6.07) is 9.23. The minimum absolute atomic E-state index is 0.176. The van der Waals surface area contributed by atoms with Crippen molar-refractivity contribution in [3.63, 3.8) is 0 Å². The van der Waals surface area contributed by atoms with Gasteiger partial charge < -0.3 is 14.8 Å². The van der Waals surface area contributed by atoms with Gasteiger partial charge in [-0.1, -0.05) is 53.7 Å². The number of phenolic OH excluding ortho intramolecular Hbond substituents is 1. The fraction of sp³-hybridized carbons (Fsp3) is 0.370. The summed E-state index contributed by atoms with van der Waals surface area (Å²) < 4.78 is 4.82. The average Bonchev–Trinajstić information content (AvgIpc) is 3.19. The van der Waals surface area contributed by atoms with Crippen molar-refractivity contribution in [1.82, 2.24) is 10.4 Å². The molecule has 0 atom stereocenters. The van der Waals surface area contributed by atoms with Gasteiger partial charge in [0.15, 0.2) is 0 Å². The fourth-order valence-corrected chi connectivity index (χ4v) is 4.52. The summed E-state index contributed by atoms with van der Waals surface area (Å²) >= 11 is 1.40. The molecule has 0 unspecified atom stereocenters. The number of phenols is 1. The third-order valence-corrected chi connectivity index (χ3v) is 6.59. The van der Waals surface area contributed by atoms with Crippen LogP contribution in [0.15, 0.2) is 46.5 Å². The number of rotatable bonds is 6. The molecule has 0 saturated heterocycles. The number of hydrazone groups is 1. The Morgan fingerprint density at radius 1 is 1.11 bits per heavy atom. The number of benzene rings is 2. The number of hydrogen-bond acceptors (Lipinski definition) is 6. The van der Waals surface area contributed by atoms with Gasteiger partial charge in [-0.15, -0.1) is 11.8 Å². The maximum atomic E-state index is 12.5. The molecule has 0 aliphatic heterocycles. The Balaban J connectivity index is 1.71. The lowest BCUT2D eigenvalue weighted by molar-refractivity contribution is -0.118. The van der Waals surface area contributed by atoms with Crippen LogP contribution in [0.3, 0.4) is 0 Å². The first-order chi connectivity index (χ1) is 16.3. The Bertz CT molecular complexity index is 1240. The molecule has 3 rings (SSSR count). The molecule has 3 aromatic rings. The van der Waals surface area contributed by atoms with Gasteiger partial charge in [0.1, 0.15) is 5.75 Å². The van der Waals surface area contributed by atoms with E-state index in [0.29, 0.717) is 16.8 Å². The van der Waals surface area contributed by atoms with Gasteiger partial charge in [-0.25, -0.2) is 10.2 Å². The first kappa shape index (κ1) is 26.3. The number of nitrogens with one attached hydrogen (secondary N) is 2. The van der Waals surface area contributed by atoms with E-state index in [1.807, 2.05) is 18.2 Å². The zero-order valence-electron chi connectivity index (χ0n) is 21.3. The Kier molecular flexibility index (Phi) is 7.65. The van der Waals surface area contributed by atoms with Crippen LogP contribution in [0.4, 0.5) is 0 Å². The number of fused-ring (bicyclic) bond motifs is 1. The summed E-state index contributed by atoms with van der Waals surface area (Å²) in [5, 5.41) is 15.8. The third-order valence-electron chi connectivity index (χ3n) is 5.62. The molecule has 0 aliphatic rings. The van der Waals surface area contributed by atoms with Gasteiger partial charge in [-0.3, -0.25) is 4.79 Å². The van der Waals surface area contributed by atoms with Crippen LogP contribution >= 0.6 is 11.8 Å². The molecular weight excluding hydrogens is 462 g/mol. The van der Waals surface area contributed by atoms with Crippen molar-refractivity contribution in [3.05, 3.63) is 58.8 Å². The second-order valence-corrected chi connectivity index (χ2v) is 11.5. The Labute approximate surface area is 210 Å². The molecule has 1 heterocycles. The van der Waals surface area contributed by atoms with Crippen molar-refractivity contribution in [2.45, 2.75) is 57.3 Å². The summed E-state index contributed by atoms with van der Waals surface area (Å²) in [6.45, 7) is 12.4. The van der Waals surface area contributed by atoms with Crippen molar-refractivity contribution in [3.8, 4) is 5.75 Å². The number of esters is 1. The lowest BCUT2D eigenvalue weighted by Gasteiger charge is -2.28. The zero-order chi connectivity index (χ0) is 26.0. The van der Waals surface area contributed by atoms with Crippen LogP contribution in [-0.4, -0.2) is 41.0 Å². The van der Waals surface area contributed by atoms with Crippen LogP contribution in [0.5, 0.6) is 5.75 Å². The molecule has 2 aromatic carbocycles. The molecule has 1 amide bonds. The number of ether oxygens (including phenoxy) is 1. The molecule has 0 spiro atoms. The molecule has 0 aliphatic carbocycles. The number of para-hydroxylation sites is 1. The van der Waals surface area contributed by atoms with Crippen LogP contribution in [0.1, 0.15) is 68.6 Å². The summed E-state index contributed by atoms with van der Waals surface area (Å²) in [6.07, 6.45) is 3.26. The van der Waals surface area contributed by atoms with E-state index < -0.39 is 5.97 Å². The number of aromatic hydroxyl groups is 1. The Morgan fingerprint density at radius 2 is 1.74 bits per heavy atom. The van der Waals surface area contributed by atoms with Gasteiger partial charge in [0, 0.05) is 33.2 Å².